The van der Waals surface area contributed by atoms with Crippen molar-refractivity contribution < 1.29 is 15.0 Å². The Kier molecular flexibility index (Phi) is 2.40. The summed E-state index contributed by atoms with van der Waals surface area (Å²) >= 11 is 5.75. The highest BCUT2D eigenvalue weighted by Crippen LogP contribution is 2.36. The Morgan fingerprint density at radius 3 is 2.73 bits per heavy atom. The van der Waals surface area contributed by atoms with Crippen LogP contribution in [0.1, 0.15) is 25.7 Å². The molecule has 3 nitrogen and oxygen atoms in total. The molecule has 0 aromatic carbocycles. The molecule has 0 bridgehead atoms. The molecule has 1 saturated carbocycles. The molecule has 0 aliphatic heterocycles. The molecule has 0 radical (unpaired) electrons. The van der Waals surface area contributed by atoms with E-state index >= 15 is 0 Å². The van der Waals surface area contributed by atoms with Gasteiger partial charge in [0, 0.05) is 0 Å². The normalized spacial score (nSPS) is 37.5. The summed E-state index contributed by atoms with van der Waals surface area (Å²) in [4.78, 5) is 10.3. The third-order valence-corrected chi connectivity index (χ3v) is 2.73. The standard InChI is InChI=1S/C7H11ClO3/c8-5-2-1-3-7(5,11)4-6(9)10/h5,11H,1-4H2,(H,9,10)/t5-,7-/m1/s1. The zero-order valence-corrected chi connectivity index (χ0v) is 6.84. The summed E-state index contributed by atoms with van der Waals surface area (Å²) in [6.07, 6.45) is 1.80. The molecule has 0 aromatic rings. The fraction of sp³-hybridized carbons (Fsp3) is 0.857. The maximum Gasteiger partial charge on any atom is 0.306 e. The Hall–Kier alpha value is -0.280. The highest BCUT2D eigenvalue weighted by Gasteiger charge is 2.41. The lowest BCUT2D eigenvalue weighted by Crippen LogP contribution is -2.36. The minimum Gasteiger partial charge on any atom is -0.481 e. The molecule has 1 rings (SSSR count). The molecular formula is C7H11ClO3. The van der Waals surface area contributed by atoms with Gasteiger partial charge in [0.2, 0.25) is 0 Å². The van der Waals surface area contributed by atoms with Gasteiger partial charge in [0.15, 0.2) is 0 Å². The zero-order valence-electron chi connectivity index (χ0n) is 6.09. The Morgan fingerprint density at radius 2 is 2.36 bits per heavy atom. The monoisotopic (exact) mass is 178 g/mol. The summed E-state index contributed by atoms with van der Waals surface area (Å²) in [7, 11) is 0. The van der Waals surface area contributed by atoms with Crippen LogP contribution < -0.4 is 0 Å². The van der Waals surface area contributed by atoms with Crippen LogP contribution in [0.2, 0.25) is 0 Å². The second-order valence-electron chi connectivity index (χ2n) is 3.03. The van der Waals surface area contributed by atoms with Crippen LogP contribution in [-0.2, 0) is 4.79 Å². The van der Waals surface area contributed by atoms with Gasteiger partial charge in [0.05, 0.1) is 17.4 Å². The van der Waals surface area contributed by atoms with Crippen LogP contribution in [0.5, 0.6) is 0 Å². The average molecular weight is 179 g/mol. The van der Waals surface area contributed by atoms with Crippen LogP contribution >= 0.6 is 11.6 Å². The van der Waals surface area contributed by atoms with Gasteiger partial charge < -0.3 is 10.2 Å². The first kappa shape index (κ1) is 8.81. The van der Waals surface area contributed by atoms with Gasteiger partial charge in [-0.15, -0.1) is 11.6 Å². The molecule has 1 aliphatic rings. The molecule has 0 saturated heterocycles. The number of carboxylic acid groups (broad SMARTS) is 1. The number of carboxylic acids is 1. The average Bonchev–Trinajstić information content (AvgIpc) is 2.11. The number of halogens is 1. The number of carbonyl (C=O) groups is 1. The van der Waals surface area contributed by atoms with Crippen LogP contribution in [0, 0.1) is 0 Å². The fourth-order valence-electron chi connectivity index (χ4n) is 1.47. The number of hydrogen-bond acceptors (Lipinski definition) is 2. The molecule has 1 aliphatic carbocycles. The number of aliphatic carboxylic acids is 1. The van der Waals surface area contributed by atoms with Crippen LogP contribution in [0.4, 0.5) is 0 Å². The maximum atomic E-state index is 10.3. The SMILES string of the molecule is O=C(O)C[C@]1(O)CCC[C@H]1Cl. The van der Waals surface area contributed by atoms with Gasteiger partial charge in [0.25, 0.3) is 0 Å². The van der Waals surface area contributed by atoms with Crippen molar-refractivity contribution in [1.82, 2.24) is 0 Å². The van der Waals surface area contributed by atoms with E-state index < -0.39 is 16.9 Å². The van der Waals surface area contributed by atoms with Gasteiger partial charge in [-0.2, -0.15) is 0 Å². The number of aliphatic hydroxyl groups is 1. The fourth-order valence-corrected chi connectivity index (χ4v) is 1.81. The Bertz CT molecular complexity index is 171. The van der Waals surface area contributed by atoms with Crippen molar-refractivity contribution in [2.45, 2.75) is 36.7 Å². The van der Waals surface area contributed by atoms with E-state index in [0.29, 0.717) is 12.8 Å². The van der Waals surface area contributed by atoms with Crippen LogP contribution in [-0.4, -0.2) is 27.2 Å². The highest BCUT2D eigenvalue weighted by molar-refractivity contribution is 6.21. The van der Waals surface area contributed by atoms with E-state index in [4.69, 9.17) is 16.7 Å². The number of alkyl halides is 1. The van der Waals surface area contributed by atoms with Crippen LogP contribution in [0.15, 0.2) is 0 Å². The summed E-state index contributed by atoms with van der Waals surface area (Å²) in [5, 5.41) is 17.7. The molecule has 0 unspecified atom stereocenters. The van der Waals surface area contributed by atoms with Crippen LogP contribution in [0.3, 0.4) is 0 Å². The maximum absolute atomic E-state index is 10.3. The zero-order chi connectivity index (χ0) is 8.48. The minimum atomic E-state index is -1.16. The summed E-state index contributed by atoms with van der Waals surface area (Å²) < 4.78 is 0. The van der Waals surface area contributed by atoms with Crippen molar-refractivity contribution in [2.75, 3.05) is 0 Å². The second kappa shape index (κ2) is 2.99. The molecule has 1 fully saturated rings. The van der Waals surface area contributed by atoms with E-state index in [1.54, 1.807) is 0 Å². The van der Waals surface area contributed by atoms with Gasteiger partial charge in [-0.05, 0) is 19.3 Å². The van der Waals surface area contributed by atoms with Crippen molar-refractivity contribution in [2.24, 2.45) is 0 Å². The molecule has 2 N–H and O–H groups in total. The summed E-state index contributed by atoms with van der Waals surface area (Å²) in [5.41, 5.74) is -1.16. The molecule has 2 atom stereocenters. The van der Waals surface area contributed by atoms with E-state index in [0.717, 1.165) is 6.42 Å². The van der Waals surface area contributed by atoms with Crippen molar-refractivity contribution in [3.8, 4) is 0 Å². The lowest BCUT2D eigenvalue weighted by Gasteiger charge is -2.23. The highest BCUT2D eigenvalue weighted by atomic mass is 35.5. The van der Waals surface area contributed by atoms with Gasteiger partial charge in [-0.1, -0.05) is 0 Å². The van der Waals surface area contributed by atoms with E-state index in [9.17, 15) is 9.90 Å². The summed E-state index contributed by atoms with van der Waals surface area (Å²) in [6.45, 7) is 0. The smallest absolute Gasteiger partial charge is 0.306 e. The van der Waals surface area contributed by atoms with E-state index in [1.165, 1.54) is 0 Å². The number of rotatable bonds is 2. The second-order valence-corrected chi connectivity index (χ2v) is 3.56. The van der Waals surface area contributed by atoms with E-state index in [2.05, 4.69) is 0 Å². The first-order chi connectivity index (χ1) is 5.04. The van der Waals surface area contributed by atoms with Gasteiger partial charge in [0.1, 0.15) is 0 Å². The largest absolute Gasteiger partial charge is 0.481 e. The van der Waals surface area contributed by atoms with Crippen molar-refractivity contribution in [1.29, 1.82) is 0 Å². The molecule has 64 valence electrons. The van der Waals surface area contributed by atoms with E-state index in [-0.39, 0.29) is 6.42 Å². The molecule has 4 heteroatoms. The Labute approximate surface area is 70.0 Å². The first-order valence-corrected chi connectivity index (χ1v) is 4.06. The molecule has 0 heterocycles. The summed E-state index contributed by atoms with van der Waals surface area (Å²) in [6, 6.07) is 0. The predicted molar refractivity (Wildman–Crippen MR) is 40.7 cm³/mol. The number of hydrogen-bond donors (Lipinski definition) is 2. The predicted octanol–water partition coefficient (Wildman–Crippen LogP) is 0.984. The topological polar surface area (TPSA) is 57.5 Å². The molecule has 0 spiro atoms. The van der Waals surface area contributed by atoms with Gasteiger partial charge in [-0.25, -0.2) is 0 Å². The lowest BCUT2D eigenvalue weighted by molar-refractivity contribution is -0.142. The van der Waals surface area contributed by atoms with Crippen LogP contribution in [0.25, 0.3) is 0 Å². The Morgan fingerprint density at radius 1 is 1.73 bits per heavy atom. The molecular weight excluding hydrogens is 168 g/mol. The molecule has 0 aromatic heterocycles. The quantitative estimate of drug-likeness (QED) is 0.620. The minimum absolute atomic E-state index is 0.235. The Balaban J connectivity index is 2.58. The molecule has 0 amide bonds. The summed E-state index contributed by atoms with van der Waals surface area (Å²) in [5.74, 6) is -0.986. The lowest BCUT2D eigenvalue weighted by atomic mass is 9.98. The van der Waals surface area contributed by atoms with Crippen molar-refractivity contribution in [3.63, 3.8) is 0 Å². The third kappa shape index (κ3) is 1.84. The van der Waals surface area contributed by atoms with E-state index in [1.807, 2.05) is 0 Å². The third-order valence-electron chi connectivity index (χ3n) is 2.11. The van der Waals surface area contributed by atoms with Gasteiger partial charge >= 0.3 is 5.97 Å². The van der Waals surface area contributed by atoms with Crippen molar-refractivity contribution in [3.05, 3.63) is 0 Å². The first-order valence-electron chi connectivity index (χ1n) is 3.63. The molecule has 11 heavy (non-hydrogen) atoms. The van der Waals surface area contributed by atoms with Gasteiger partial charge in [-0.3, -0.25) is 4.79 Å². The van der Waals surface area contributed by atoms with Crippen molar-refractivity contribution >= 4 is 17.6 Å².